The van der Waals surface area contributed by atoms with Crippen molar-refractivity contribution >= 4 is 6.09 Å². The summed E-state index contributed by atoms with van der Waals surface area (Å²) in [4.78, 5) is 10.9. The Kier molecular flexibility index (Phi) is 6.03. The zero-order valence-electron chi connectivity index (χ0n) is 9.83. The highest BCUT2D eigenvalue weighted by atomic mass is 19.1. The molecule has 0 aromatic heterocycles. The van der Waals surface area contributed by atoms with E-state index in [-0.39, 0.29) is 5.82 Å². The van der Waals surface area contributed by atoms with Crippen LogP contribution in [-0.4, -0.2) is 25.8 Å². The van der Waals surface area contributed by atoms with Crippen molar-refractivity contribution in [3.63, 3.8) is 0 Å². The summed E-state index contributed by atoms with van der Waals surface area (Å²) in [6, 6.07) is 6.30. The molecule has 1 amide bonds. The van der Waals surface area contributed by atoms with E-state index in [0.717, 1.165) is 5.56 Å². The van der Waals surface area contributed by atoms with Gasteiger partial charge < -0.3 is 15.4 Å². The SMILES string of the molecule is CCOC(=O)NCCNCc1ccc(F)cc1. The third-order valence-corrected chi connectivity index (χ3v) is 2.09. The van der Waals surface area contributed by atoms with Gasteiger partial charge in [-0.15, -0.1) is 0 Å². The van der Waals surface area contributed by atoms with Crippen LogP contribution in [0, 0.1) is 5.82 Å². The lowest BCUT2D eigenvalue weighted by molar-refractivity contribution is 0.152. The van der Waals surface area contributed by atoms with Gasteiger partial charge in [0.1, 0.15) is 5.82 Å². The van der Waals surface area contributed by atoms with Crippen LogP contribution in [0.15, 0.2) is 24.3 Å². The zero-order valence-corrected chi connectivity index (χ0v) is 9.83. The van der Waals surface area contributed by atoms with Crippen molar-refractivity contribution in [1.29, 1.82) is 0 Å². The zero-order chi connectivity index (χ0) is 12.5. The molecule has 1 aromatic carbocycles. The number of benzene rings is 1. The summed E-state index contributed by atoms with van der Waals surface area (Å²) in [6.45, 7) is 3.90. The van der Waals surface area contributed by atoms with Crippen LogP contribution in [-0.2, 0) is 11.3 Å². The minimum absolute atomic E-state index is 0.238. The van der Waals surface area contributed by atoms with E-state index < -0.39 is 6.09 Å². The van der Waals surface area contributed by atoms with Crippen LogP contribution < -0.4 is 10.6 Å². The quantitative estimate of drug-likeness (QED) is 0.743. The second-order valence-corrected chi connectivity index (χ2v) is 3.45. The largest absolute Gasteiger partial charge is 0.450 e. The number of alkyl carbamates (subject to hydrolysis) is 1. The Morgan fingerprint density at radius 2 is 2.00 bits per heavy atom. The van der Waals surface area contributed by atoms with E-state index in [2.05, 4.69) is 10.6 Å². The summed E-state index contributed by atoms with van der Waals surface area (Å²) in [5.74, 6) is -0.238. The molecule has 0 fully saturated rings. The standard InChI is InChI=1S/C12H17FN2O2/c1-2-17-12(16)15-8-7-14-9-10-3-5-11(13)6-4-10/h3-6,14H,2,7-9H2,1H3,(H,15,16). The van der Waals surface area contributed by atoms with Gasteiger partial charge in [-0.3, -0.25) is 0 Å². The molecule has 0 saturated heterocycles. The Morgan fingerprint density at radius 1 is 1.29 bits per heavy atom. The van der Waals surface area contributed by atoms with Gasteiger partial charge >= 0.3 is 6.09 Å². The first-order valence-electron chi connectivity index (χ1n) is 5.58. The van der Waals surface area contributed by atoms with Gasteiger partial charge in [0.2, 0.25) is 0 Å². The molecule has 94 valence electrons. The summed E-state index contributed by atoms with van der Waals surface area (Å²) < 4.78 is 17.3. The topological polar surface area (TPSA) is 50.4 Å². The van der Waals surface area contributed by atoms with E-state index in [1.165, 1.54) is 12.1 Å². The fraction of sp³-hybridized carbons (Fsp3) is 0.417. The van der Waals surface area contributed by atoms with Gasteiger partial charge in [-0.05, 0) is 24.6 Å². The number of rotatable bonds is 6. The smallest absolute Gasteiger partial charge is 0.407 e. The molecule has 0 spiro atoms. The Bertz CT molecular complexity index is 341. The maximum absolute atomic E-state index is 12.6. The van der Waals surface area contributed by atoms with Crippen molar-refractivity contribution in [2.45, 2.75) is 13.5 Å². The number of carbonyl (C=O) groups is 1. The third kappa shape index (κ3) is 5.87. The Hall–Kier alpha value is -1.62. The lowest BCUT2D eigenvalue weighted by Crippen LogP contribution is -2.32. The monoisotopic (exact) mass is 240 g/mol. The average molecular weight is 240 g/mol. The fourth-order valence-corrected chi connectivity index (χ4v) is 1.27. The van der Waals surface area contributed by atoms with Crippen molar-refractivity contribution in [2.24, 2.45) is 0 Å². The minimum atomic E-state index is -0.406. The number of halogens is 1. The highest BCUT2D eigenvalue weighted by Crippen LogP contribution is 2.01. The van der Waals surface area contributed by atoms with Gasteiger partial charge in [-0.1, -0.05) is 12.1 Å². The summed E-state index contributed by atoms with van der Waals surface area (Å²) in [7, 11) is 0. The first-order chi connectivity index (χ1) is 8.22. The summed E-state index contributed by atoms with van der Waals surface area (Å²) >= 11 is 0. The molecule has 0 aliphatic heterocycles. The van der Waals surface area contributed by atoms with Gasteiger partial charge in [0.05, 0.1) is 6.61 Å². The third-order valence-electron chi connectivity index (χ3n) is 2.09. The number of hydrogen-bond acceptors (Lipinski definition) is 3. The molecule has 1 aromatic rings. The second-order valence-electron chi connectivity index (χ2n) is 3.45. The van der Waals surface area contributed by atoms with Crippen LogP contribution in [0.25, 0.3) is 0 Å². The maximum atomic E-state index is 12.6. The van der Waals surface area contributed by atoms with E-state index in [0.29, 0.717) is 26.2 Å². The molecule has 2 N–H and O–H groups in total. The van der Waals surface area contributed by atoms with E-state index in [1.54, 1.807) is 19.1 Å². The average Bonchev–Trinajstić information content (AvgIpc) is 2.31. The molecule has 0 bridgehead atoms. The normalized spacial score (nSPS) is 10.0. The second kappa shape index (κ2) is 7.62. The van der Waals surface area contributed by atoms with Gasteiger partial charge in [0.25, 0.3) is 0 Å². The molecular weight excluding hydrogens is 223 g/mol. The molecule has 0 saturated carbocycles. The number of carbonyl (C=O) groups excluding carboxylic acids is 1. The first-order valence-corrected chi connectivity index (χ1v) is 5.58. The van der Waals surface area contributed by atoms with Crippen LogP contribution in [0.1, 0.15) is 12.5 Å². The highest BCUT2D eigenvalue weighted by molar-refractivity contribution is 5.66. The molecule has 0 heterocycles. The first kappa shape index (κ1) is 13.4. The van der Waals surface area contributed by atoms with Crippen LogP contribution in [0.4, 0.5) is 9.18 Å². The molecule has 0 unspecified atom stereocenters. The summed E-state index contributed by atoms with van der Waals surface area (Å²) in [6.07, 6.45) is -0.406. The Balaban J connectivity index is 2.08. The lowest BCUT2D eigenvalue weighted by atomic mass is 10.2. The Labute approximate surface area is 100 Å². The lowest BCUT2D eigenvalue weighted by Gasteiger charge is -2.06. The van der Waals surface area contributed by atoms with Crippen molar-refractivity contribution in [2.75, 3.05) is 19.7 Å². The van der Waals surface area contributed by atoms with Gasteiger partial charge in [-0.2, -0.15) is 0 Å². The highest BCUT2D eigenvalue weighted by Gasteiger charge is 1.98. The van der Waals surface area contributed by atoms with Crippen LogP contribution in [0.5, 0.6) is 0 Å². The van der Waals surface area contributed by atoms with Crippen molar-refractivity contribution in [3.8, 4) is 0 Å². The van der Waals surface area contributed by atoms with E-state index >= 15 is 0 Å². The molecule has 0 aliphatic rings. The minimum Gasteiger partial charge on any atom is -0.450 e. The van der Waals surface area contributed by atoms with Gasteiger partial charge in [0.15, 0.2) is 0 Å². The van der Waals surface area contributed by atoms with Crippen LogP contribution in [0.2, 0.25) is 0 Å². The molecule has 4 nitrogen and oxygen atoms in total. The summed E-state index contributed by atoms with van der Waals surface area (Å²) in [5, 5.41) is 5.72. The number of amides is 1. The molecular formula is C12H17FN2O2. The van der Waals surface area contributed by atoms with Gasteiger partial charge in [-0.25, -0.2) is 9.18 Å². The van der Waals surface area contributed by atoms with Crippen LogP contribution in [0.3, 0.4) is 0 Å². The predicted octanol–water partition coefficient (Wildman–Crippen LogP) is 1.66. The molecule has 0 radical (unpaired) electrons. The molecule has 1 rings (SSSR count). The van der Waals surface area contributed by atoms with Crippen LogP contribution >= 0.6 is 0 Å². The molecule has 17 heavy (non-hydrogen) atoms. The van der Waals surface area contributed by atoms with E-state index in [4.69, 9.17) is 4.74 Å². The van der Waals surface area contributed by atoms with Crippen molar-refractivity contribution in [3.05, 3.63) is 35.6 Å². The van der Waals surface area contributed by atoms with Gasteiger partial charge in [0, 0.05) is 19.6 Å². The predicted molar refractivity (Wildman–Crippen MR) is 63.1 cm³/mol. The molecule has 0 atom stereocenters. The number of nitrogens with one attached hydrogen (secondary N) is 2. The number of hydrogen-bond donors (Lipinski definition) is 2. The van der Waals surface area contributed by atoms with E-state index in [1.807, 2.05) is 0 Å². The Morgan fingerprint density at radius 3 is 2.65 bits per heavy atom. The van der Waals surface area contributed by atoms with Crippen molar-refractivity contribution in [1.82, 2.24) is 10.6 Å². The fourth-order valence-electron chi connectivity index (χ4n) is 1.27. The van der Waals surface area contributed by atoms with E-state index in [9.17, 15) is 9.18 Å². The molecule has 5 heteroatoms. The maximum Gasteiger partial charge on any atom is 0.407 e. The number of ether oxygens (including phenoxy) is 1. The summed E-state index contributed by atoms with van der Waals surface area (Å²) in [5.41, 5.74) is 1.00. The van der Waals surface area contributed by atoms with Crippen molar-refractivity contribution < 1.29 is 13.9 Å². The molecule has 0 aliphatic carbocycles.